The van der Waals surface area contributed by atoms with Crippen LogP contribution in [0.1, 0.15) is 44.7 Å². The van der Waals surface area contributed by atoms with Gasteiger partial charge in [0.2, 0.25) is 17.0 Å². The minimum absolute atomic E-state index is 0.0243. The summed E-state index contributed by atoms with van der Waals surface area (Å²) in [7, 11) is 0. The average Bonchev–Trinajstić information content (AvgIpc) is 2.85. The van der Waals surface area contributed by atoms with E-state index in [0.29, 0.717) is 22.8 Å². The Kier molecular flexibility index (Phi) is 3.29. The van der Waals surface area contributed by atoms with E-state index in [-0.39, 0.29) is 10.7 Å². The molecule has 0 radical (unpaired) electrons. The van der Waals surface area contributed by atoms with Crippen molar-refractivity contribution < 1.29 is 4.52 Å². The molecule has 0 amide bonds. The number of nitrogens with two attached hydrogens (primary N) is 1. The standard InChI is InChI=1S/C10H16N6OS/c1-5(18-9-13-8(11)14-15-9)6-12-7(16-17-6)10(2,3)4/h5H,1-4H3,(H3,11,13,14,15)/t5-/m0/s1. The van der Waals surface area contributed by atoms with Crippen LogP contribution in [0.25, 0.3) is 0 Å². The fourth-order valence-corrected chi connectivity index (χ4v) is 1.99. The molecule has 0 aliphatic heterocycles. The maximum Gasteiger partial charge on any atom is 0.239 e. The number of hydrogen-bond acceptors (Lipinski definition) is 7. The number of aromatic nitrogens is 5. The van der Waals surface area contributed by atoms with Crippen LogP contribution in [0.2, 0.25) is 0 Å². The van der Waals surface area contributed by atoms with Gasteiger partial charge in [-0.15, -0.1) is 5.10 Å². The van der Waals surface area contributed by atoms with Crippen molar-refractivity contribution in [1.29, 1.82) is 0 Å². The smallest absolute Gasteiger partial charge is 0.239 e. The second-order valence-corrected chi connectivity index (χ2v) is 6.28. The second-order valence-electron chi connectivity index (χ2n) is 4.97. The van der Waals surface area contributed by atoms with Gasteiger partial charge >= 0.3 is 0 Å². The Labute approximate surface area is 109 Å². The highest BCUT2D eigenvalue weighted by Crippen LogP contribution is 2.32. The molecular weight excluding hydrogens is 252 g/mol. The van der Waals surface area contributed by atoms with E-state index in [1.165, 1.54) is 11.8 Å². The molecule has 2 rings (SSSR count). The Balaban J connectivity index is 2.09. The first kappa shape index (κ1) is 12.9. The van der Waals surface area contributed by atoms with Crippen molar-refractivity contribution in [2.45, 2.75) is 43.5 Å². The van der Waals surface area contributed by atoms with Crippen molar-refractivity contribution in [3.05, 3.63) is 11.7 Å². The van der Waals surface area contributed by atoms with Crippen LogP contribution in [0.3, 0.4) is 0 Å². The summed E-state index contributed by atoms with van der Waals surface area (Å²) in [6.45, 7) is 8.07. The van der Waals surface area contributed by atoms with Gasteiger partial charge in [0.15, 0.2) is 5.82 Å². The number of aromatic amines is 1. The summed E-state index contributed by atoms with van der Waals surface area (Å²) in [5.41, 5.74) is 5.34. The summed E-state index contributed by atoms with van der Waals surface area (Å²) in [5, 5.41) is 11.1. The van der Waals surface area contributed by atoms with Gasteiger partial charge in [0.1, 0.15) is 0 Å². The normalized spacial score (nSPS) is 13.8. The van der Waals surface area contributed by atoms with Crippen LogP contribution in [0.5, 0.6) is 0 Å². The molecule has 0 aliphatic carbocycles. The Bertz CT molecular complexity index is 528. The van der Waals surface area contributed by atoms with Crippen molar-refractivity contribution in [2.24, 2.45) is 0 Å². The number of nitrogen functional groups attached to an aromatic ring is 1. The van der Waals surface area contributed by atoms with E-state index in [9.17, 15) is 0 Å². The number of thioether (sulfide) groups is 1. The van der Waals surface area contributed by atoms with Crippen LogP contribution in [-0.2, 0) is 5.41 Å². The third-order valence-corrected chi connectivity index (χ3v) is 3.17. The molecule has 98 valence electrons. The van der Waals surface area contributed by atoms with Crippen LogP contribution in [0.15, 0.2) is 9.68 Å². The molecule has 3 N–H and O–H groups in total. The topological polar surface area (TPSA) is 107 Å². The van der Waals surface area contributed by atoms with Gasteiger partial charge in [-0.25, -0.2) is 5.10 Å². The average molecular weight is 268 g/mol. The molecule has 0 saturated carbocycles. The number of nitrogens with one attached hydrogen (secondary N) is 1. The highest BCUT2D eigenvalue weighted by atomic mass is 32.2. The van der Waals surface area contributed by atoms with Gasteiger partial charge in [-0.3, -0.25) is 0 Å². The van der Waals surface area contributed by atoms with E-state index in [4.69, 9.17) is 10.3 Å². The molecule has 2 aromatic heterocycles. The van der Waals surface area contributed by atoms with Gasteiger partial charge < -0.3 is 10.3 Å². The van der Waals surface area contributed by atoms with Gasteiger partial charge in [0.25, 0.3) is 0 Å². The molecule has 1 atom stereocenters. The van der Waals surface area contributed by atoms with Crippen molar-refractivity contribution in [3.8, 4) is 0 Å². The van der Waals surface area contributed by atoms with Gasteiger partial charge in [0, 0.05) is 5.41 Å². The van der Waals surface area contributed by atoms with Gasteiger partial charge in [0.05, 0.1) is 5.25 Å². The Morgan fingerprint density at radius 3 is 2.56 bits per heavy atom. The fourth-order valence-electron chi connectivity index (χ4n) is 1.22. The van der Waals surface area contributed by atoms with Gasteiger partial charge in [-0.2, -0.15) is 9.97 Å². The zero-order chi connectivity index (χ0) is 13.3. The molecule has 0 spiro atoms. The molecule has 0 aliphatic rings. The van der Waals surface area contributed by atoms with Crippen LogP contribution in [0, 0.1) is 0 Å². The van der Waals surface area contributed by atoms with E-state index in [2.05, 4.69) is 25.3 Å². The SMILES string of the molecule is C[C@H](Sc1n[nH]c(N)n1)c1nc(C(C)(C)C)no1. The number of H-pyrrole nitrogens is 1. The van der Waals surface area contributed by atoms with Crippen molar-refractivity contribution in [2.75, 3.05) is 5.73 Å². The number of nitrogens with zero attached hydrogens (tertiary/aromatic N) is 4. The summed E-state index contributed by atoms with van der Waals surface area (Å²) in [6, 6.07) is 0. The quantitative estimate of drug-likeness (QED) is 0.819. The third kappa shape index (κ3) is 2.81. The lowest BCUT2D eigenvalue weighted by Crippen LogP contribution is -2.13. The minimum Gasteiger partial charge on any atom is -0.368 e. The van der Waals surface area contributed by atoms with Gasteiger partial charge in [-0.1, -0.05) is 37.7 Å². The first-order valence-electron chi connectivity index (χ1n) is 5.55. The Hall–Kier alpha value is -1.57. The molecule has 0 saturated heterocycles. The van der Waals surface area contributed by atoms with Crippen molar-refractivity contribution >= 4 is 17.7 Å². The summed E-state index contributed by atoms with van der Waals surface area (Å²) >= 11 is 1.41. The molecule has 0 aromatic carbocycles. The maximum absolute atomic E-state index is 5.46. The zero-order valence-electron chi connectivity index (χ0n) is 10.8. The van der Waals surface area contributed by atoms with Crippen LogP contribution in [0.4, 0.5) is 5.95 Å². The van der Waals surface area contributed by atoms with Gasteiger partial charge in [-0.05, 0) is 6.92 Å². The van der Waals surface area contributed by atoms with E-state index in [1.807, 2.05) is 27.7 Å². The predicted molar refractivity (Wildman–Crippen MR) is 68.1 cm³/mol. The monoisotopic (exact) mass is 268 g/mol. The third-order valence-electron chi connectivity index (χ3n) is 2.22. The summed E-state index contributed by atoms with van der Waals surface area (Å²) in [6.07, 6.45) is 0. The lowest BCUT2D eigenvalue weighted by molar-refractivity contribution is 0.364. The Morgan fingerprint density at radius 1 is 1.33 bits per heavy atom. The van der Waals surface area contributed by atoms with Crippen LogP contribution < -0.4 is 5.73 Å². The van der Waals surface area contributed by atoms with Crippen molar-refractivity contribution in [3.63, 3.8) is 0 Å². The number of anilines is 1. The van der Waals surface area contributed by atoms with E-state index >= 15 is 0 Å². The predicted octanol–water partition coefficient (Wildman–Crippen LogP) is 1.92. The number of rotatable bonds is 3. The highest BCUT2D eigenvalue weighted by Gasteiger charge is 2.24. The molecule has 2 aromatic rings. The fraction of sp³-hybridized carbons (Fsp3) is 0.600. The van der Waals surface area contributed by atoms with E-state index < -0.39 is 0 Å². The summed E-state index contributed by atoms with van der Waals surface area (Å²) < 4.78 is 5.25. The summed E-state index contributed by atoms with van der Waals surface area (Å²) in [5.74, 6) is 1.55. The molecule has 18 heavy (non-hydrogen) atoms. The molecule has 7 nitrogen and oxygen atoms in total. The highest BCUT2D eigenvalue weighted by molar-refractivity contribution is 7.99. The second kappa shape index (κ2) is 4.60. The van der Waals surface area contributed by atoms with E-state index in [0.717, 1.165) is 0 Å². The number of hydrogen-bond donors (Lipinski definition) is 2. The zero-order valence-corrected chi connectivity index (χ0v) is 11.6. The largest absolute Gasteiger partial charge is 0.368 e. The molecule has 0 unspecified atom stereocenters. The Morgan fingerprint density at radius 2 is 2.06 bits per heavy atom. The lowest BCUT2D eigenvalue weighted by atomic mass is 9.96. The molecule has 8 heteroatoms. The summed E-state index contributed by atoms with van der Waals surface area (Å²) in [4.78, 5) is 8.40. The molecule has 0 fully saturated rings. The minimum atomic E-state index is -0.124. The first-order valence-corrected chi connectivity index (χ1v) is 6.43. The molecular formula is C10H16N6OS. The van der Waals surface area contributed by atoms with E-state index in [1.54, 1.807) is 0 Å². The molecule has 2 heterocycles. The van der Waals surface area contributed by atoms with Crippen molar-refractivity contribution in [1.82, 2.24) is 25.3 Å². The van der Waals surface area contributed by atoms with Crippen LogP contribution in [-0.4, -0.2) is 25.3 Å². The molecule has 0 bridgehead atoms. The lowest BCUT2D eigenvalue weighted by Gasteiger charge is -2.11. The van der Waals surface area contributed by atoms with Crippen LogP contribution >= 0.6 is 11.8 Å². The maximum atomic E-state index is 5.46. The first-order chi connectivity index (χ1) is 8.36.